The first kappa shape index (κ1) is 9.54. The van der Waals surface area contributed by atoms with Crippen LogP contribution < -0.4 is 0 Å². The predicted molar refractivity (Wildman–Crippen MR) is 53.7 cm³/mol. The van der Waals surface area contributed by atoms with E-state index in [1.54, 1.807) is 0 Å². The van der Waals surface area contributed by atoms with Crippen LogP contribution in [-0.4, -0.2) is 20.3 Å². The minimum Gasteiger partial charge on any atom is -0.411 e. The van der Waals surface area contributed by atoms with E-state index in [0.29, 0.717) is 0 Å². The Morgan fingerprint density at radius 1 is 0.923 bits per heavy atom. The van der Waals surface area contributed by atoms with Crippen LogP contribution in [0.2, 0.25) is 6.32 Å². The van der Waals surface area contributed by atoms with E-state index in [4.69, 9.17) is 9.31 Å². The van der Waals surface area contributed by atoms with E-state index < -0.39 is 0 Å². The summed E-state index contributed by atoms with van der Waals surface area (Å²) < 4.78 is 11.1. The summed E-state index contributed by atoms with van der Waals surface area (Å²) in [4.78, 5) is 0. The van der Waals surface area contributed by atoms with E-state index >= 15 is 0 Å². The van der Waals surface area contributed by atoms with Crippen molar-refractivity contribution in [3.63, 3.8) is 0 Å². The lowest BCUT2D eigenvalue weighted by molar-refractivity contribution is 0.128. The van der Waals surface area contributed by atoms with Crippen LogP contribution in [0.4, 0.5) is 0 Å². The molecular formula is C10H19BO2. The van der Waals surface area contributed by atoms with Gasteiger partial charge in [-0.3, -0.25) is 0 Å². The fraction of sp³-hybridized carbons (Fsp3) is 1.00. The van der Waals surface area contributed by atoms with Crippen molar-refractivity contribution in [2.24, 2.45) is 5.92 Å². The molecular weight excluding hydrogens is 163 g/mol. The second-order valence-electron chi connectivity index (χ2n) is 4.26. The van der Waals surface area contributed by atoms with Crippen LogP contribution in [0.15, 0.2) is 0 Å². The molecule has 13 heavy (non-hydrogen) atoms. The lowest BCUT2D eigenvalue weighted by Crippen LogP contribution is -2.31. The summed E-state index contributed by atoms with van der Waals surface area (Å²) in [6.45, 7) is 1.80. The first-order valence-corrected chi connectivity index (χ1v) is 5.68. The van der Waals surface area contributed by atoms with Gasteiger partial charge in [0.15, 0.2) is 0 Å². The van der Waals surface area contributed by atoms with Crippen molar-refractivity contribution < 1.29 is 9.31 Å². The fourth-order valence-corrected chi connectivity index (χ4v) is 2.37. The van der Waals surface area contributed by atoms with E-state index in [-0.39, 0.29) is 7.12 Å². The van der Waals surface area contributed by atoms with Gasteiger partial charge >= 0.3 is 7.12 Å². The van der Waals surface area contributed by atoms with E-state index in [1.807, 2.05) is 0 Å². The van der Waals surface area contributed by atoms with Crippen LogP contribution in [0.1, 0.15) is 38.5 Å². The molecule has 2 rings (SSSR count). The summed E-state index contributed by atoms with van der Waals surface area (Å²) >= 11 is 0. The minimum absolute atomic E-state index is 0.122. The van der Waals surface area contributed by atoms with Gasteiger partial charge in [0.2, 0.25) is 0 Å². The lowest BCUT2D eigenvalue weighted by Gasteiger charge is -2.26. The van der Waals surface area contributed by atoms with Gasteiger partial charge in [-0.05, 0) is 18.7 Å². The normalized spacial score (nSPS) is 26.3. The maximum Gasteiger partial charge on any atom is 0.457 e. The molecule has 0 bridgehead atoms. The molecule has 0 unspecified atom stereocenters. The van der Waals surface area contributed by atoms with Gasteiger partial charge < -0.3 is 9.31 Å². The van der Waals surface area contributed by atoms with Crippen molar-refractivity contribution in [3.05, 3.63) is 0 Å². The molecule has 0 aromatic rings. The first-order valence-electron chi connectivity index (χ1n) is 5.68. The molecule has 0 radical (unpaired) electrons. The van der Waals surface area contributed by atoms with Gasteiger partial charge in [-0.2, -0.15) is 0 Å². The average Bonchev–Trinajstić information content (AvgIpc) is 2.21. The Morgan fingerprint density at radius 3 is 2.31 bits per heavy atom. The lowest BCUT2D eigenvalue weighted by atomic mass is 9.71. The van der Waals surface area contributed by atoms with Gasteiger partial charge in [0.25, 0.3) is 0 Å². The zero-order valence-corrected chi connectivity index (χ0v) is 8.34. The van der Waals surface area contributed by atoms with Crippen LogP contribution in [-0.2, 0) is 9.31 Å². The molecule has 74 valence electrons. The molecule has 0 N–H and O–H groups in total. The number of hydrogen-bond donors (Lipinski definition) is 0. The zero-order chi connectivity index (χ0) is 8.93. The Kier molecular flexibility index (Phi) is 3.68. The molecule has 2 nitrogen and oxygen atoms in total. The van der Waals surface area contributed by atoms with Gasteiger partial charge in [0, 0.05) is 13.2 Å². The van der Waals surface area contributed by atoms with Gasteiger partial charge in [-0.25, -0.2) is 0 Å². The topological polar surface area (TPSA) is 18.5 Å². The summed E-state index contributed by atoms with van der Waals surface area (Å²) in [5.41, 5.74) is 0. The SMILES string of the molecule is C1CCC(CB2OCCCO2)CC1. The van der Waals surface area contributed by atoms with Crippen LogP contribution in [0.3, 0.4) is 0 Å². The summed E-state index contributed by atoms with van der Waals surface area (Å²) in [6.07, 6.45) is 9.26. The van der Waals surface area contributed by atoms with E-state index in [2.05, 4.69) is 0 Å². The van der Waals surface area contributed by atoms with Gasteiger partial charge in [-0.15, -0.1) is 0 Å². The molecule has 1 heterocycles. The highest BCUT2D eigenvalue weighted by Crippen LogP contribution is 2.28. The smallest absolute Gasteiger partial charge is 0.411 e. The molecule has 0 amide bonds. The zero-order valence-electron chi connectivity index (χ0n) is 8.34. The van der Waals surface area contributed by atoms with Crippen LogP contribution in [0.25, 0.3) is 0 Å². The molecule has 0 spiro atoms. The summed E-state index contributed by atoms with van der Waals surface area (Å²) in [6, 6.07) is 0. The van der Waals surface area contributed by atoms with Crippen molar-refractivity contribution in [3.8, 4) is 0 Å². The molecule has 3 heteroatoms. The molecule has 1 aliphatic heterocycles. The van der Waals surface area contributed by atoms with Crippen molar-refractivity contribution in [1.82, 2.24) is 0 Å². The second kappa shape index (κ2) is 5.01. The molecule has 0 aromatic carbocycles. The summed E-state index contributed by atoms with van der Waals surface area (Å²) in [5.74, 6) is 0.872. The fourth-order valence-electron chi connectivity index (χ4n) is 2.37. The van der Waals surface area contributed by atoms with Crippen molar-refractivity contribution in [2.75, 3.05) is 13.2 Å². The maximum absolute atomic E-state index is 5.56. The third-order valence-electron chi connectivity index (χ3n) is 3.15. The van der Waals surface area contributed by atoms with Gasteiger partial charge in [0.1, 0.15) is 0 Å². The first-order chi connectivity index (χ1) is 6.45. The van der Waals surface area contributed by atoms with Crippen LogP contribution >= 0.6 is 0 Å². The van der Waals surface area contributed by atoms with E-state index in [0.717, 1.165) is 31.9 Å². The quantitative estimate of drug-likeness (QED) is 0.610. The Balaban J connectivity index is 1.69. The van der Waals surface area contributed by atoms with Crippen molar-refractivity contribution in [2.45, 2.75) is 44.8 Å². The third kappa shape index (κ3) is 2.99. The Labute approximate surface area is 81.1 Å². The average molecular weight is 182 g/mol. The van der Waals surface area contributed by atoms with Crippen LogP contribution in [0.5, 0.6) is 0 Å². The van der Waals surface area contributed by atoms with Crippen molar-refractivity contribution >= 4 is 7.12 Å². The summed E-state index contributed by atoms with van der Waals surface area (Å²) in [5, 5.41) is 0. The van der Waals surface area contributed by atoms with E-state index in [1.165, 1.54) is 32.1 Å². The van der Waals surface area contributed by atoms with E-state index in [9.17, 15) is 0 Å². The molecule has 1 saturated carbocycles. The maximum atomic E-state index is 5.56. The molecule has 1 aliphatic carbocycles. The Morgan fingerprint density at radius 2 is 1.62 bits per heavy atom. The molecule has 2 aliphatic rings. The number of rotatable bonds is 2. The largest absolute Gasteiger partial charge is 0.457 e. The Bertz CT molecular complexity index is 124. The number of hydrogen-bond acceptors (Lipinski definition) is 2. The molecule has 0 atom stereocenters. The molecule has 1 saturated heterocycles. The minimum atomic E-state index is 0.122. The highest BCUT2D eigenvalue weighted by atomic mass is 16.6. The highest BCUT2D eigenvalue weighted by Gasteiger charge is 2.26. The van der Waals surface area contributed by atoms with Crippen molar-refractivity contribution in [1.29, 1.82) is 0 Å². The Hall–Kier alpha value is -0.0151. The molecule has 0 aromatic heterocycles. The third-order valence-corrected chi connectivity index (χ3v) is 3.15. The van der Waals surface area contributed by atoms with Gasteiger partial charge in [0.05, 0.1) is 0 Å². The highest BCUT2D eigenvalue weighted by molar-refractivity contribution is 6.44. The predicted octanol–water partition coefficient (Wildman–Crippen LogP) is 2.49. The monoisotopic (exact) mass is 182 g/mol. The molecule has 2 fully saturated rings. The standard InChI is InChI=1S/C10H19BO2/c1-2-5-10(6-3-1)9-11-12-7-4-8-13-11/h10H,1-9H2. The second-order valence-corrected chi connectivity index (χ2v) is 4.26. The summed E-state index contributed by atoms with van der Waals surface area (Å²) in [7, 11) is 0.122. The van der Waals surface area contributed by atoms with Crippen LogP contribution in [0, 0.1) is 5.92 Å². The van der Waals surface area contributed by atoms with Gasteiger partial charge in [-0.1, -0.05) is 32.1 Å².